The number of fused-ring (bicyclic) bond motifs is 4. The van der Waals surface area contributed by atoms with Crippen LogP contribution in [-0.2, 0) is 20.9 Å². The van der Waals surface area contributed by atoms with Crippen LogP contribution in [0.15, 0.2) is 91.8 Å². The second-order valence-corrected chi connectivity index (χ2v) is 22.7. The Hall–Kier alpha value is -7.69. The number of aromatic nitrogens is 9. The van der Waals surface area contributed by atoms with Gasteiger partial charge >= 0.3 is 6.01 Å². The molecule has 1 aliphatic carbocycles. The zero-order valence-corrected chi connectivity index (χ0v) is 45.5. The minimum atomic E-state index is -0.997. The number of aliphatic hydroxyl groups excluding tert-OH is 2. The molecule has 4 aliphatic heterocycles. The number of H-pyrrole nitrogens is 1. The molecular formula is C59H61ClFN13O7. The molecule has 0 unspecified atom stereocenters. The summed E-state index contributed by atoms with van der Waals surface area (Å²) in [6.07, 6.45) is 11.5. The summed E-state index contributed by atoms with van der Waals surface area (Å²) in [6.45, 7) is 6.21. The van der Waals surface area contributed by atoms with E-state index in [1.807, 2.05) is 62.4 Å². The summed E-state index contributed by atoms with van der Waals surface area (Å²) in [5.74, 6) is -0.385. The number of rotatable bonds is 17. The number of aliphatic hydroxyl groups is 2. The highest BCUT2D eigenvalue weighted by atomic mass is 35.5. The van der Waals surface area contributed by atoms with Crippen molar-refractivity contribution in [2.24, 2.45) is 5.92 Å². The van der Waals surface area contributed by atoms with Crippen molar-refractivity contribution in [1.82, 2.24) is 60.7 Å². The molecule has 0 spiro atoms. The van der Waals surface area contributed by atoms with Crippen LogP contribution in [0.1, 0.15) is 87.1 Å². The number of likely N-dealkylation sites (tertiary alicyclic amines) is 1. The van der Waals surface area contributed by atoms with Gasteiger partial charge < -0.3 is 44.9 Å². The van der Waals surface area contributed by atoms with Crippen LogP contribution in [0.5, 0.6) is 11.8 Å². The Labute approximate surface area is 470 Å². The molecule has 5 N–H and O–H groups in total. The van der Waals surface area contributed by atoms with E-state index >= 15 is 4.39 Å². The summed E-state index contributed by atoms with van der Waals surface area (Å²) in [6, 6.07) is 16.7. The van der Waals surface area contributed by atoms with Crippen molar-refractivity contribution in [3.8, 4) is 45.3 Å². The second kappa shape index (κ2) is 22.0. The maximum Gasteiger partial charge on any atom is 0.319 e. The average Bonchev–Trinajstić information content (AvgIpc) is 4.11. The zero-order valence-electron chi connectivity index (χ0n) is 44.7. The Morgan fingerprint density at radius 3 is 2.42 bits per heavy atom. The number of benzene rings is 4. The Morgan fingerprint density at radius 2 is 1.70 bits per heavy atom. The van der Waals surface area contributed by atoms with Gasteiger partial charge in [0.15, 0.2) is 5.75 Å². The van der Waals surface area contributed by atoms with Crippen LogP contribution < -0.4 is 25.0 Å². The highest BCUT2D eigenvalue weighted by Crippen LogP contribution is 2.54. The van der Waals surface area contributed by atoms with E-state index in [4.69, 9.17) is 35.8 Å². The maximum atomic E-state index is 16.0. The summed E-state index contributed by atoms with van der Waals surface area (Å²) >= 11 is 7.06. The first kappa shape index (κ1) is 52.7. The first-order valence-electron chi connectivity index (χ1n) is 27.8. The van der Waals surface area contributed by atoms with Gasteiger partial charge in [0.05, 0.1) is 54.9 Å². The highest BCUT2D eigenvalue weighted by molar-refractivity contribution is 6.35. The number of hydrogen-bond donors (Lipinski definition) is 5. The monoisotopic (exact) mass is 1120 g/mol. The van der Waals surface area contributed by atoms with E-state index in [9.17, 15) is 19.8 Å². The fourth-order valence-electron chi connectivity index (χ4n) is 12.2. The molecule has 81 heavy (non-hydrogen) atoms. The number of nitrogens with zero attached hydrogens (tertiary/aromatic N) is 10. The number of piperazine rings is 1. The topological polar surface area (TPSA) is 244 Å². The molecule has 8 aromatic rings. The molecule has 4 aromatic carbocycles. The first-order chi connectivity index (χ1) is 39.5. The molecule has 5 fully saturated rings. The number of carbonyl (C=O) groups excluding carboxylic acids is 2. The van der Waals surface area contributed by atoms with E-state index < -0.39 is 41.9 Å². The first-order valence-corrected chi connectivity index (χ1v) is 28.2. The van der Waals surface area contributed by atoms with Crippen LogP contribution in [-0.4, -0.2) is 142 Å². The molecule has 2 bridgehead atoms. The third-order valence-electron chi connectivity index (χ3n) is 16.5. The molecule has 13 rings (SSSR count). The number of carbonyl (C=O) groups is 2. The lowest BCUT2D eigenvalue weighted by atomic mass is 9.91. The van der Waals surface area contributed by atoms with Crippen molar-refractivity contribution in [3.63, 3.8) is 0 Å². The number of ether oxygens (including phenoxy) is 3. The Balaban J connectivity index is 0.785. The SMILES string of the molecule is CC(C)[C@@H](C(=O)N1C[C@H](O)C[C@H]1C(=O)N[C@@H](CO)c1ccc(-c2cncnc2)cc1)n1cc(-c2ccc(COc3c(-c4c(Cl)c(F)cc5[nH]ncc45)c(C4CC4)cc4c(N5C[C@@H]6C[C@H]5CN6)nc(OC5CCOCC5)nc34)cc2)nn1. The average molecular weight is 1120 g/mol. The van der Waals surface area contributed by atoms with Crippen molar-refractivity contribution >= 4 is 51.0 Å². The van der Waals surface area contributed by atoms with Gasteiger partial charge in [-0.1, -0.05) is 79.2 Å². The summed E-state index contributed by atoms with van der Waals surface area (Å²) in [7, 11) is 0. The third kappa shape index (κ3) is 10.3. The van der Waals surface area contributed by atoms with E-state index in [2.05, 4.69) is 52.1 Å². The normalized spacial score (nSPS) is 20.9. The summed E-state index contributed by atoms with van der Waals surface area (Å²) in [5.41, 5.74) is 7.54. The molecule has 4 aromatic heterocycles. The van der Waals surface area contributed by atoms with Crippen molar-refractivity contribution in [2.45, 2.75) is 107 Å². The van der Waals surface area contributed by atoms with Gasteiger partial charge in [0, 0.05) is 102 Å². The van der Waals surface area contributed by atoms with Crippen molar-refractivity contribution in [2.75, 3.05) is 44.4 Å². The van der Waals surface area contributed by atoms with Crippen LogP contribution in [0.3, 0.4) is 0 Å². The van der Waals surface area contributed by atoms with E-state index in [0.29, 0.717) is 76.7 Å². The van der Waals surface area contributed by atoms with Crippen LogP contribution in [0, 0.1) is 11.7 Å². The van der Waals surface area contributed by atoms with Crippen molar-refractivity contribution in [1.29, 1.82) is 0 Å². The Bertz CT molecular complexity index is 3630. The number of β-amino-alcohol motifs (C(OH)–C–C–N with tert-alkyl or cyclic N) is 1. The number of aromatic amines is 1. The molecule has 418 valence electrons. The van der Waals surface area contributed by atoms with Gasteiger partial charge in [0.25, 0.3) is 0 Å². The molecule has 22 heteroatoms. The standard InChI is InChI=1S/C59H61ClFN13O7/c1-31(2)54(58(78)73-26-40(76)18-49(73)57(77)66-48(28-75)36-11-7-33(8-12-36)37-21-62-30-63-22-37)74-27-47(70-71-74)35-5-3-32(4-6-35)29-80-55-51(50-44-24-65-69-46(44)20-45(61)52(50)60)42(34-9-10-34)19-43-53(55)67-59(81-41-13-15-79-16-14-41)68-56(43)72-25-38-17-39(72)23-64-38/h3-8,11-12,19-22,24,27,30-31,34,38-41,48-49,54,64,75-76H,9-10,13-18,23,25-26,28-29H2,1-2H3,(H,65,69)(H,66,77)/t38-,39-,40+,48-,49-,54-/m0/s1. The molecule has 8 heterocycles. The second-order valence-electron chi connectivity index (χ2n) is 22.3. The summed E-state index contributed by atoms with van der Waals surface area (Å²) in [5, 5.41) is 45.5. The summed E-state index contributed by atoms with van der Waals surface area (Å²) < 4.78 is 36.9. The molecule has 1 saturated carbocycles. The van der Waals surface area contributed by atoms with Gasteiger partial charge in [0.2, 0.25) is 11.8 Å². The zero-order chi connectivity index (χ0) is 55.5. The van der Waals surface area contributed by atoms with Gasteiger partial charge in [-0.15, -0.1) is 5.10 Å². The highest BCUT2D eigenvalue weighted by Gasteiger charge is 2.44. The molecular weight excluding hydrogens is 1060 g/mol. The minimum Gasteiger partial charge on any atom is -0.486 e. The summed E-state index contributed by atoms with van der Waals surface area (Å²) in [4.78, 5) is 50.9. The molecule has 5 aliphatic rings. The van der Waals surface area contributed by atoms with Crippen LogP contribution >= 0.6 is 11.6 Å². The molecule has 20 nitrogen and oxygen atoms in total. The quantitative estimate of drug-likeness (QED) is 0.0603. The Morgan fingerprint density at radius 1 is 0.926 bits per heavy atom. The lowest BCUT2D eigenvalue weighted by Gasteiger charge is -2.31. The van der Waals surface area contributed by atoms with Gasteiger partial charge in [-0.25, -0.2) is 19.0 Å². The number of hydrogen-bond acceptors (Lipinski definition) is 16. The smallest absolute Gasteiger partial charge is 0.319 e. The predicted octanol–water partition coefficient (Wildman–Crippen LogP) is 7.25. The van der Waals surface area contributed by atoms with Gasteiger partial charge in [0.1, 0.15) is 54.0 Å². The van der Waals surface area contributed by atoms with Gasteiger partial charge in [-0.2, -0.15) is 15.1 Å². The van der Waals surface area contributed by atoms with Crippen molar-refractivity contribution in [3.05, 3.63) is 119 Å². The molecule has 6 atom stereocenters. The van der Waals surface area contributed by atoms with E-state index in [1.54, 1.807) is 24.8 Å². The number of anilines is 1. The molecule has 0 radical (unpaired) electrons. The number of nitrogens with one attached hydrogen (secondary N) is 3. The minimum absolute atomic E-state index is 0.0284. The van der Waals surface area contributed by atoms with Gasteiger partial charge in [-0.3, -0.25) is 14.7 Å². The van der Waals surface area contributed by atoms with E-state index in [-0.39, 0.29) is 61.2 Å². The predicted molar refractivity (Wildman–Crippen MR) is 299 cm³/mol. The fraction of sp³-hybridized carbons (Fsp3) is 0.407. The lowest BCUT2D eigenvalue weighted by molar-refractivity contribution is -0.142. The molecule has 4 saturated heterocycles. The van der Waals surface area contributed by atoms with Crippen LogP contribution in [0.2, 0.25) is 5.02 Å². The Kier molecular flexibility index (Phi) is 14.3. The number of amides is 2. The van der Waals surface area contributed by atoms with Crippen molar-refractivity contribution < 1.29 is 38.4 Å². The van der Waals surface area contributed by atoms with E-state index in [1.165, 1.54) is 22.0 Å². The van der Waals surface area contributed by atoms with Crippen LogP contribution in [0.25, 0.3) is 55.3 Å². The van der Waals surface area contributed by atoms with Crippen LogP contribution in [0.4, 0.5) is 10.2 Å². The lowest BCUT2D eigenvalue weighted by Crippen LogP contribution is -2.50. The number of halogens is 2. The van der Waals surface area contributed by atoms with E-state index in [0.717, 1.165) is 71.4 Å². The maximum absolute atomic E-state index is 16.0. The fourth-order valence-corrected chi connectivity index (χ4v) is 12.4. The molecule has 2 amide bonds. The third-order valence-corrected chi connectivity index (χ3v) is 16.9. The largest absolute Gasteiger partial charge is 0.486 e. The van der Waals surface area contributed by atoms with Gasteiger partial charge in [-0.05, 0) is 59.4 Å².